The van der Waals surface area contributed by atoms with E-state index in [0.29, 0.717) is 44.0 Å². The van der Waals surface area contributed by atoms with Gasteiger partial charge in [-0.15, -0.1) is 0 Å². The molecule has 2 aromatic carbocycles. The zero-order chi connectivity index (χ0) is 26.3. The fourth-order valence-electron chi connectivity index (χ4n) is 4.77. The second-order valence-electron chi connectivity index (χ2n) is 9.57. The van der Waals surface area contributed by atoms with Crippen molar-refractivity contribution in [2.45, 2.75) is 38.1 Å². The summed E-state index contributed by atoms with van der Waals surface area (Å²) in [5, 5.41) is 6.09. The van der Waals surface area contributed by atoms with Crippen molar-refractivity contribution in [1.82, 2.24) is 20.5 Å². The van der Waals surface area contributed by atoms with Gasteiger partial charge in [-0.3, -0.25) is 19.5 Å². The highest BCUT2D eigenvalue weighted by atomic mass is 16.5. The van der Waals surface area contributed by atoms with Gasteiger partial charge in [0.05, 0.1) is 13.2 Å². The molecule has 0 saturated carbocycles. The number of likely N-dealkylation sites (tertiary alicyclic amines) is 1. The van der Waals surface area contributed by atoms with E-state index in [1.807, 2.05) is 48.5 Å². The molecular weight excluding hydrogens is 484 g/mol. The summed E-state index contributed by atoms with van der Waals surface area (Å²) in [7, 11) is 1.55. The monoisotopic (exact) mass is 516 g/mol. The van der Waals surface area contributed by atoms with Crippen LogP contribution in [-0.4, -0.2) is 60.7 Å². The van der Waals surface area contributed by atoms with Crippen LogP contribution in [-0.2, 0) is 29.1 Å². The van der Waals surface area contributed by atoms with Gasteiger partial charge in [0.1, 0.15) is 11.9 Å². The highest BCUT2D eigenvalue weighted by molar-refractivity contribution is 5.78. The summed E-state index contributed by atoms with van der Waals surface area (Å²) in [6.45, 7) is 2.36. The molecule has 2 atom stereocenters. The zero-order valence-corrected chi connectivity index (χ0v) is 21.4. The maximum absolute atomic E-state index is 13.0. The van der Waals surface area contributed by atoms with Crippen LogP contribution >= 0.6 is 0 Å². The van der Waals surface area contributed by atoms with Crippen LogP contribution in [0.4, 0.5) is 0 Å². The van der Waals surface area contributed by atoms with Gasteiger partial charge in [-0.1, -0.05) is 18.2 Å². The lowest BCUT2D eigenvalue weighted by Gasteiger charge is -2.21. The Balaban J connectivity index is 1.35. The number of carbonyl (C=O) groups is 2. The van der Waals surface area contributed by atoms with Crippen molar-refractivity contribution in [3.8, 4) is 17.2 Å². The average molecular weight is 517 g/mol. The normalized spacial score (nSPS) is 20.6. The van der Waals surface area contributed by atoms with Crippen LogP contribution in [0, 0.1) is 0 Å². The molecule has 9 heteroatoms. The molecule has 0 aliphatic carbocycles. The first-order chi connectivity index (χ1) is 18.6. The van der Waals surface area contributed by atoms with Gasteiger partial charge in [0.25, 0.3) is 5.91 Å². The molecule has 1 fully saturated rings. The van der Waals surface area contributed by atoms with Gasteiger partial charge in [-0.2, -0.15) is 0 Å². The Bertz CT molecular complexity index is 1250. The Morgan fingerprint density at radius 3 is 2.55 bits per heavy atom. The highest BCUT2D eigenvalue weighted by Gasteiger charge is 2.35. The van der Waals surface area contributed by atoms with Crippen LogP contribution in [0.1, 0.15) is 23.1 Å². The van der Waals surface area contributed by atoms with Crippen LogP contribution in [0.25, 0.3) is 0 Å². The molecule has 3 aromatic rings. The lowest BCUT2D eigenvalue weighted by atomic mass is 10.1. The molecule has 6 rings (SSSR count). The van der Waals surface area contributed by atoms with Gasteiger partial charge < -0.3 is 24.8 Å². The third-order valence-electron chi connectivity index (χ3n) is 6.77. The van der Waals surface area contributed by atoms with Crippen molar-refractivity contribution < 1.29 is 23.8 Å². The first-order valence-corrected chi connectivity index (χ1v) is 12.8. The van der Waals surface area contributed by atoms with Crippen molar-refractivity contribution in [3.05, 3.63) is 83.7 Å². The number of fused-ring (bicyclic) bond motifs is 9. The number of rotatable bonds is 3. The number of methoxy groups -OCH3 is 1. The van der Waals surface area contributed by atoms with Crippen LogP contribution in [0.15, 0.2) is 67.0 Å². The summed E-state index contributed by atoms with van der Waals surface area (Å²) >= 11 is 0. The molecule has 3 aliphatic heterocycles. The summed E-state index contributed by atoms with van der Waals surface area (Å²) in [6.07, 6.45) is 4.22. The molecule has 1 saturated heterocycles. The van der Waals surface area contributed by atoms with Crippen LogP contribution in [0.2, 0.25) is 0 Å². The van der Waals surface area contributed by atoms with Gasteiger partial charge in [-0.05, 0) is 59.5 Å². The number of hydrogen-bond donors (Lipinski definition) is 2. The van der Waals surface area contributed by atoms with E-state index >= 15 is 0 Å². The first kappa shape index (κ1) is 25.5. The lowest BCUT2D eigenvalue weighted by Crippen LogP contribution is -2.45. The van der Waals surface area contributed by atoms with Gasteiger partial charge in [0, 0.05) is 45.0 Å². The predicted octanol–water partition coefficient (Wildman–Crippen LogP) is 2.48. The summed E-state index contributed by atoms with van der Waals surface area (Å²) in [4.78, 5) is 31.8. The molecular formula is C29H32N4O5. The van der Waals surface area contributed by atoms with E-state index in [0.717, 1.165) is 29.0 Å². The Hall–Kier alpha value is -4.11. The molecule has 38 heavy (non-hydrogen) atoms. The lowest BCUT2D eigenvalue weighted by molar-refractivity contribution is -0.123. The zero-order valence-electron chi connectivity index (χ0n) is 21.4. The maximum Gasteiger partial charge on any atom is 0.258 e. The average Bonchev–Trinajstić information content (AvgIpc) is 3.30. The number of ether oxygens (including phenoxy) is 3. The van der Waals surface area contributed by atoms with Crippen molar-refractivity contribution in [2.75, 3.05) is 26.8 Å². The number of aryl methyl sites for hydroxylation is 1. The number of pyridine rings is 1. The molecule has 1 aromatic heterocycles. The van der Waals surface area contributed by atoms with Gasteiger partial charge in [-0.25, -0.2) is 0 Å². The third-order valence-corrected chi connectivity index (χ3v) is 6.77. The van der Waals surface area contributed by atoms with Gasteiger partial charge >= 0.3 is 0 Å². The van der Waals surface area contributed by atoms with Crippen LogP contribution in [0.3, 0.4) is 0 Å². The summed E-state index contributed by atoms with van der Waals surface area (Å²) in [5.41, 5.74) is 3.03. The molecule has 3 aliphatic rings. The smallest absolute Gasteiger partial charge is 0.258 e. The number of benzene rings is 2. The number of nitrogens with one attached hydrogen (secondary N) is 2. The van der Waals surface area contributed by atoms with Crippen molar-refractivity contribution in [2.24, 2.45) is 0 Å². The van der Waals surface area contributed by atoms with Crippen molar-refractivity contribution >= 4 is 11.8 Å². The number of aromatic nitrogens is 1. The molecule has 0 spiro atoms. The topological polar surface area (TPSA) is 102 Å². The summed E-state index contributed by atoms with van der Waals surface area (Å²) < 4.78 is 17.5. The van der Waals surface area contributed by atoms with E-state index in [1.54, 1.807) is 25.6 Å². The molecule has 4 heterocycles. The van der Waals surface area contributed by atoms with Crippen LogP contribution < -0.4 is 24.8 Å². The van der Waals surface area contributed by atoms with E-state index in [-0.39, 0.29) is 30.6 Å². The molecule has 2 amide bonds. The third kappa shape index (κ3) is 6.60. The van der Waals surface area contributed by atoms with Crippen molar-refractivity contribution in [3.63, 3.8) is 0 Å². The maximum atomic E-state index is 13.0. The largest absolute Gasteiger partial charge is 0.493 e. The Morgan fingerprint density at radius 2 is 1.76 bits per heavy atom. The summed E-state index contributed by atoms with van der Waals surface area (Å²) in [5.74, 6) is 1.45. The van der Waals surface area contributed by atoms with Gasteiger partial charge in [0.15, 0.2) is 18.1 Å². The molecule has 2 N–H and O–H groups in total. The number of amides is 2. The molecule has 0 radical (unpaired) electrons. The first-order valence-electron chi connectivity index (χ1n) is 12.8. The van der Waals surface area contributed by atoms with E-state index in [2.05, 4.69) is 20.5 Å². The Labute approximate surface area is 222 Å². The second kappa shape index (κ2) is 12.0. The Kier molecular flexibility index (Phi) is 8.04. The van der Waals surface area contributed by atoms with E-state index in [9.17, 15) is 9.59 Å². The summed E-state index contributed by atoms with van der Waals surface area (Å²) in [6, 6.07) is 17.0. The Morgan fingerprint density at radius 1 is 0.974 bits per heavy atom. The molecule has 0 unspecified atom stereocenters. The minimum Gasteiger partial charge on any atom is -0.493 e. The minimum atomic E-state index is -0.238. The predicted molar refractivity (Wildman–Crippen MR) is 141 cm³/mol. The van der Waals surface area contributed by atoms with Crippen molar-refractivity contribution in [1.29, 1.82) is 0 Å². The SMILES string of the molecule is COc1ccc2cc1OCC(=O)NCc1ccc(cc1)O[C@H]1CN(Cc3ccncc3)C[C@@H]1NC(=O)CC2. The van der Waals surface area contributed by atoms with E-state index < -0.39 is 0 Å². The van der Waals surface area contributed by atoms with E-state index in [1.165, 1.54) is 0 Å². The molecule has 198 valence electrons. The second-order valence-corrected chi connectivity index (χ2v) is 9.57. The number of hydrogen-bond acceptors (Lipinski definition) is 7. The van der Waals surface area contributed by atoms with E-state index in [4.69, 9.17) is 14.2 Å². The molecule has 9 nitrogen and oxygen atoms in total. The quantitative estimate of drug-likeness (QED) is 0.552. The fraction of sp³-hybridized carbons (Fsp3) is 0.345. The number of nitrogens with zero attached hydrogens (tertiary/aromatic N) is 2. The minimum absolute atomic E-state index is 0.0414. The highest BCUT2D eigenvalue weighted by Crippen LogP contribution is 2.29. The van der Waals surface area contributed by atoms with Crippen LogP contribution in [0.5, 0.6) is 17.2 Å². The van der Waals surface area contributed by atoms with Gasteiger partial charge in [0.2, 0.25) is 5.91 Å². The molecule has 4 bridgehead atoms. The standard InChI is InChI=1S/C29H32N4O5/c1-36-25-8-4-20-5-9-28(34)32-24-17-33(16-22-10-12-30-13-11-22)18-27(24)38-23-6-2-21(3-7-23)15-31-29(35)19-37-26(25)14-20/h2-4,6-8,10-14,24,27H,5,9,15-19H2,1H3,(H,31,35)(H,32,34)/t24-,27-/m0/s1. The fourth-order valence-corrected chi connectivity index (χ4v) is 4.77. The number of carbonyl (C=O) groups excluding carboxylic acids is 2.